The highest BCUT2D eigenvalue weighted by atomic mass is 32.1. The van der Waals surface area contributed by atoms with Crippen LogP contribution in [0.4, 0.5) is 5.13 Å². The molecule has 9 nitrogen and oxygen atoms in total. The lowest BCUT2D eigenvalue weighted by Crippen LogP contribution is -2.44. The van der Waals surface area contributed by atoms with E-state index < -0.39 is 0 Å². The molecule has 0 aliphatic carbocycles. The number of anilines is 1. The summed E-state index contributed by atoms with van der Waals surface area (Å²) < 4.78 is 1.82. The van der Waals surface area contributed by atoms with E-state index in [1.807, 2.05) is 32.0 Å². The maximum atomic E-state index is 13.2. The van der Waals surface area contributed by atoms with Crippen molar-refractivity contribution in [1.29, 1.82) is 0 Å². The van der Waals surface area contributed by atoms with E-state index >= 15 is 0 Å². The summed E-state index contributed by atoms with van der Waals surface area (Å²) in [4.78, 5) is 51.5. The topological polar surface area (TPSA) is 100 Å². The van der Waals surface area contributed by atoms with Gasteiger partial charge < -0.3 is 15.1 Å². The third kappa shape index (κ3) is 4.93. The van der Waals surface area contributed by atoms with Crippen LogP contribution in [0.25, 0.3) is 10.3 Å². The number of carbonyl (C=O) groups excluding carboxylic acids is 2. The number of hydrogen-bond donors (Lipinski definition) is 1. The third-order valence-electron chi connectivity index (χ3n) is 6.66. The number of benzene rings is 1. The number of nitrogens with zero attached hydrogens (tertiary/aromatic N) is 5. The van der Waals surface area contributed by atoms with Gasteiger partial charge in [0.1, 0.15) is 17.6 Å². The summed E-state index contributed by atoms with van der Waals surface area (Å²) in [5, 5.41) is 3.69. The van der Waals surface area contributed by atoms with Gasteiger partial charge in [-0.2, -0.15) is 4.98 Å². The molecule has 2 amide bonds. The molecular weight excluding hydrogens is 464 g/mol. The summed E-state index contributed by atoms with van der Waals surface area (Å²) in [5.41, 5.74) is 2.56. The monoisotopic (exact) mass is 494 g/mol. The molecule has 3 aromatic rings. The summed E-state index contributed by atoms with van der Waals surface area (Å²) in [6.07, 6.45) is 3.96. The van der Waals surface area contributed by atoms with Gasteiger partial charge in [0.15, 0.2) is 10.8 Å². The van der Waals surface area contributed by atoms with Gasteiger partial charge in [-0.1, -0.05) is 35.6 Å². The Morgan fingerprint density at radius 2 is 2.00 bits per heavy atom. The van der Waals surface area contributed by atoms with E-state index in [-0.39, 0.29) is 35.9 Å². The average molecular weight is 495 g/mol. The van der Waals surface area contributed by atoms with Gasteiger partial charge >= 0.3 is 0 Å². The van der Waals surface area contributed by atoms with Crippen molar-refractivity contribution in [2.75, 3.05) is 24.5 Å². The smallest absolute Gasteiger partial charge is 0.273 e. The number of fused-ring (bicyclic) bond motifs is 2. The normalized spacial score (nSPS) is 18.1. The van der Waals surface area contributed by atoms with Crippen molar-refractivity contribution in [2.45, 2.75) is 52.2 Å². The minimum absolute atomic E-state index is 0.0433. The maximum Gasteiger partial charge on any atom is 0.273 e. The molecule has 5 rings (SSSR count). The molecule has 2 aliphatic rings. The molecule has 2 aliphatic heterocycles. The van der Waals surface area contributed by atoms with Gasteiger partial charge in [0.25, 0.3) is 5.56 Å². The van der Waals surface area contributed by atoms with Crippen LogP contribution in [0.3, 0.4) is 0 Å². The zero-order chi connectivity index (χ0) is 24.5. The number of hydrogen-bond acceptors (Lipinski definition) is 7. The van der Waals surface area contributed by atoms with Crippen molar-refractivity contribution in [2.24, 2.45) is 5.92 Å². The Morgan fingerprint density at radius 1 is 1.20 bits per heavy atom. The Kier molecular flexibility index (Phi) is 6.55. The van der Waals surface area contributed by atoms with E-state index in [2.05, 4.69) is 26.3 Å². The highest BCUT2D eigenvalue weighted by molar-refractivity contribution is 7.22. The minimum atomic E-state index is -0.254. The zero-order valence-corrected chi connectivity index (χ0v) is 20.9. The zero-order valence-electron chi connectivity index (χ0n) is 20.1. The van der Waals surface area contributed by atoms with Gasteiger partial charge in [0.2, 0.25) is 11.8 Å². The number of thiazole rings is 1. The molecule has 4 heterocycles. The third-order valence-corrected chi connectivity index (χ3v) is 7.75. The lowest BCUT2D eigenvalue weighted by Gasteiger charge is -2.32. The summed E-state index contributed by atoms with van der Waals surface area (Å²) in [6, 6.07) is 8.25. The minimum Gasteiger partial charge on any atom is -0.354 e. The number of nitrogens with one attached hydrogen (secondary N) is 1. The number of amides is 2. The molecule has 1 N–H and O–H groups in total. The Balaban J connectivity index is 1.31. The highest BCUT2D eigenvalue weighted by Gasteiger charge is 2.28. The van der Waals surface area contributed by atoms with Crippen LogP contribution in [0.2, 0.25) is 0 Å². The summed E-state index contributed by atoms with van der Waals surface area (Å²) in [7, 11) is 0. The predicted octanol–water partition coefficient (Wildman–Crippen LogP) is 2.18. The Hall–Kier alpha value is -3.27. The predicted molar refractivity (Wildman–Crippen MR) is 135 cm³/mol. The van der Waals surface area contributed by atoms with Crippen LogP contribution >= 0.6 is 11.3 Å². The molecule has 1 atom stereocenters. The Bertz CT molecular complexity index is 1320. The van der Waals surface area contributed by atoms with Gasteiger partial charge in [0, 0.05) is 32.2 Å². The highest BCUT2D eigenvalue weighted by Crippen LogP contribution is 2.29. The molecule has 0 saturated carbocycles. The van der Waals surface area contributed by atoms with Crippen molar-refractivity contribution in [3.05, 3.63) is 52.1 Å². The van der Waals surface area contributed by atoms with Crippen LogP contribution in [0.5, 0.6) is 0 Å². The average Bonchev–Trinajstić information content (AvgIpc) is 3.30. The molecular formula is C25H30N6O3S. The second-order valence-electron chi connectivity index (χ2n) is 9.61. The van der Waals surface area contributed by atoms with Crippen LogP contribution in [0.15, 0.2) is 35.4 Å². The molecule has 1 aromatic carbocycles. The van der Waals surface area contributed by atoms with Crippen molar-refractivity contribution in [3.8, 4) is 0 Å². The first-order chi connectivity index (χ1) is 16.9. The number of aromatic nitrogens is 3. The standard InChI is InChI=1S/C25H30N6O3S/c1-16(2)27-23(33)19-8-5-10-30(13-19)25-28-22-21(35-25)24(34)31(15-26-22)14-20(32)29-11-9-17-6-3-4-7-18(17)12-29/h3-4,6-7,15-16,19H,5,8-14H2,1-2H3,(H,27,33)/t19-/m1/s1. The van der Waals surface area contributed by atoms with Crippen molar-refractivity contribution < 1.29 is 9.59 Å². The summed E-state index contributed by atoms with van der Waals surface area (Å²) >= 11 is 1.29. The number of piperidine rings is 1. The first-order valence-corrected chi connectivity index (χ1v) is 13.0. The molecule has 1 saturated heterocycles. The van der Waals surface area contributed by atoms with E-state index in [0.717, 1.165) is 31.4 Å². The SMILES string of the molecule is CC(C)NC(=O)[C@@H]1CCCN(c2nc3ncn(CC(=O)N4CCc5ccccc5C4)c(=O)c3s2)C1. The van der Waals surface area contributed by atoms with E-state index in [1.54, 1.807) is 4.90 Å². The Morgan fingerprint density at radius 3 is 2.80 bits per heavy atom. The number of carbonyl (C=O) groups is 2. The molecule has 0 spiro atoms. The second-order valence-corrected chi connectivity index (χ2v) is 10.6. The lowest BCUT2D eigenvalue weighted by molar-refractivity contribution is -0.132. The van der Waals surface area contributed by atoms with Gasteiger partial charge in [-0.05, 0) is 44.2 Å². The fourth-order valence-corrected chi connectivity index (χ4v) is 5.81. The van der Waals surface area contributed by atoms with Crippen LogP contribution in [0.1, 0.15) is 37.8 Å². The molecule has 0 bridgehead atoms. The van der Waals surface area contributed by atoms with E-state index in [1.165, 1.54) is 27.8 Å². The molecule has 0 unspecified atom stereocenters. The summed E-state index contributed by atoms with van der Waals surface area (Å²) in [5.74, 6) is -0.136. The fourth-order valence-electron chi connectivity index (χ4n) is 4.80. The number of rotatable bonds is 5. The van der Waals surface area contributed by atoms with Gasteiger partial charge in [0.05, 0.1) is 5.92 Å². The van der Waals surface area contributed by atoms with Crippen LogP contribution in [0, 0.1) is 5.92 Å². The van der Waals surface area contributed by atoms with Gasteiger partial charge in [-0.3, -0.25) is 19.0 Å². The second kappa shape index (κ2) is 9.77. The quantitative estimate of drug-likeness (QED) is 0.584. The van der Waals surface area contributed by atoms with E-state index in [9.17, 15) is 14.4 Å². The largest absolute Gasteiger partial charge is 0.354 e. The van der Waals surface area contributed by atoms with E-state index in [0.29, 0.717) is 35.1 Å². The van der Waals surface area contributed by atoms with Gasteiger partial charge in [-0.15, -0.1) is 0 Å². The van der Waals surface area contributed by atoms with Crippen molar-refractivity contribution in [3.63, 3.8) is 0 Å². The molecule has 1 fully saturated rings. The molecule has 2 aromatic heterocycles. The molecule has 0 radical (unpaired) electrons. The van der Waals surface area contributed by atoms with Crippen LogP contribution in [-0.2, 0) is 29.1 Å². The summed E-state index contributed by atoms with van der Waals surface area (Å²) in [6.45, 7) is 6.43. The Labute approximate surface area is 207 Å². The van der Waals surface area contributed by atoms with Crippen LogP contribution < -0.4 is 15.8 Å². The first-order valence-electron chi connectivity index (χ1n) is 12.1. The molecule has 184 valence electrons. The fraction of sp³-hybridized carbons (Fsp3) is 0.480. The van der Waals surface area contributed by atoms with Crippen LogP contribution in [-0.4, -0.2) is 56.9 Å². The van der Waals surface area contributed by atoms with E-state index in [4.69, 9.17) is 0 Å². The maximum absolute atomic E-state index is 13.2. The first kappa shape index (κ1) is 23.5. The van der Waals surface area contributed by atoms with Crippen molar-refractivity contribution in [1.82, 2.24) is 24.8 Å². The van der Waals surface area contributed by atoms with Crippen molar-refractivity contribution >= 4 is 38.6 Å². The lowest BCUT2D eigenvalue weighted by atomic mass is 9.97. The molecule has 35 heavy (non-hydrogen) atoms. The molecule has 10 heteroatoms. The van der Waals surface area contributed by atoms with Gasteiger partial charge in [-0.25, -0.2) is 4.98 Å².